The molecule has 1 aromatic carbocycles. The van der Waals surface area contributed by atoms with Crippen LogP contribution < -0.4 is 5.32 Å². The van der Waals surface area contributed by atoms with E-state index < -0.39 is 0 Å². The predicted octanol–water partition coefficient (Wildman–Crippen LogP) is 1.03. The van der Waals surface area contributed by atoms with Gasteiger partial charge in [-0.1, -0.05) is 18.1 Å². The maximum atomic E-state index is 11.0. The number of amides is 1. The highest BCUT2D eigenvalue weighted by atomic mass is 16.3. The van der Waals surface area contributed by atoms with Crippen molar-refractivity contribution in [2.75, 3.05) is 0 Å². The van der Waals surface area contributed by atoms with Crippen LogP contribution in [0.3, 0.4) is 0 Å². The highest BCUT2D eigenvalue weighted by Crippen LogP contribution is 2.10. The molecule has 0 aliphatic carbocycles. The van der Waals surface area contributed by atoms with Crippen LogP contribution in [0.25, 0.3) is 0 Å². The highest BCUT2D eigenvalue weighted by molar-refractivity contribution is 5.93. The van der Waals surface area contributed by atoms with Crippen molar-refractivity contribution in [3.63, 3.8) is 0 Å². The summed E-state index contributed by atoms with van der Waals surface area (Å²) in [6, 6.07) is 6.72. The fourth-order valence-corrected chi connectivity index (χ4v) is 1.01. The SMILES string of the molecule is CC#CC(=O)NCc1cccc(O)c1. The minimum atomic E-state index is -0.309. The van der Waals surface area contributed by atoms with E-state index in [1.807, 2.05) is 6.07 Å². The van der Waals surface area contributed by atoms with Crippen molar-refractivity contribution < 1.29 is 9.90 Å². The monoisotopic (exact) mass is 189 g/mol. The number of carbonyl (C=O) groups is 1. The maximum absolute atomic E-state index is 11.0. The highest BCUT2D eigenvalue weighted by Gasteiger charge is 1.96. The van der Waals surface area contributed by atoms with E-state index in [0.29, 0.717) is 6.54 Å². The van der Waals surface area contributed by atoms with Crippen LogP contribution in [0.2, 0.25) is 0 Å². The fourth-order valence-electron chi connectivity index (χ4n) is 1.01. The molecule has 0 fully saturated rings. The second kappa shape index (κ2) is 4.93. The Kier molecular flexibility index (Phi) is 3.57. The molecule has 3 heteroatoms. The van der Waals surface area contributed by atoms with Gasteiger partial charge in [0.05, 0.1) is 0 Å². The molecule has 0 bridgehead atoms. The second-order valence-corrected chi connectivity index (χ2v) is 2.73. The van der Waals surface area contributed by atoms with Gasteiger partial charge in [-0.2, -0.15) is 0 Å². The molecule has 2 N–H and O–H groups in total. The van der Waals surface area contributed by atoms with E-state index in [-0.39, 0.29) is 11.7 Å². The molecule has 1 rings (SSSR count). The summed E-state index contributed by atoms with van der Waals surface area (Å²) >= 11 is 0. The lowest BCUT2D eigenvalue weighted by atomic mass is 10.2. The van der Waals surface area contributed by atoms with Gasteiger partial charge in [0.25, 0.3) is 5.91 Å². The lowest BCUT2D eigenvalue weighted by molar-refractivity contribution is -0.115. The molecule has 3 nitrogen and oxygen atoms in total. The summed E-state index contributed by atoms with van der Waals surface area (Å²) in [5.74, 6) is 4.76. The number of phenolic OH excluding ortho intramolecular Hbond substituents is 1. The van der Waals surface area contributed by atoms with Gasteiger partial charge in [-0.25, -0.2) is 0 Å². The molecule has 0 saturated carbocycles. The van der Waals surface area contributed by atoms with Crippen LogP contribution in [0.15, 0.2) is 24.3 Å². The van der Waals surface area contributed by atoms with Gasteiger partial charge in [-0.3, -0.25) is 4.79 Å². The molecule has 1 amide bonds. The number of benzene rings is 1. The van der Waals surface area contributed by atoms with E-state index in [1.165, 1.54) is 0 Å². The molecule has 0 heterocycles. The summed E-state index contributed by atoms with van der Waals surface area (Å²) in [6.07, 6.45) is 0. The summed E-state index contributed by atoms with van der Waals surface area (Å²) in [7, 11) is 0. The fraction of sp³-hybridized carbons (Fsp3) is 0.182. The second-order valence-electron chi connectivity index (χ2n) is 2.73. The molecule has 0 saturated heterocycles. The molecule has 0 aliphatic rings. The lowest BCUT2D eigenvalue weighted by Crippen LogP contribution is -2.20. The average molecular weight is 189 g/mol. The van der Waals surface area contributed by atoms with Gasteiger partial charge in [-0.05, 0) is 30.5 Å². The Morgan fingerprint density at radius 2 is 2.36 bits per heavy atom. The molecule has 1 aromatic rings. The number of nitrogens with one attached hydrogen (secondary N) is 1. The van der Waals surface area contributed by atoms with Crippen molar-refractivity contribution in [3.05, 3.63) is 29.8 Å². The zero-order chi connectivity index (χ0) is 10.4. The quantitative estimate of drug-likeness (QED) is 0.683. The summed E-state index contributed by atoms with van der Waals surface area (Å²) in [4.78, 5) is 11.0. The Hall–Kier alpha value is -1.95. The lowest BCUT2D eigenvalue weighted by Gasteiger charge is -2.01. The topological polar surface area (TPSA) is 49.3 Å². The Morgan fingerprint density at radius 1 is 1.57 bits per heavy atom. The molecule has 0 radical (unpaired) electrons. The van der Waals surface area contributed by atoms with E-state index in [2.05, 4.69) is 17.2 Å². The van der Waals surface area contributed by atoms with E-state index in [9.17, 15) is 4.79 Å². The Balaban J connectivity index is 2.52. The maximum Gasteiger partial charge on any atom is 0.296 e. The first-order chi connectivity index (χ1) is 6.72. The summed E-state index contributed by atoms with van der Waals surface area (Å²) in [5, 5.41) is 11.7. The van der Waals surface area contributed by atoms with Gasteiger partial charge in [-0.15, -0.1) is 0 Å². The minimum absolute atomic E-state index is 0.193. The number of rotatable bonds is 2. The molecule has 0 unspecified atom stereocenters. The van der Waals surface area contributed by atoms with Crippen molar-refractivity contribution in [2.45, 2.75) is 13.5 Å². The zero-order valence-electron chi connectivity index (χ0n) is 7.87. The van der Waals surface area contributed by atoms with Crippen LogP contribution in [0.4, 0.5) is 0 Å². The number of aromatic hydroxyl groups is 1. The summed E-state index contributed by atoms with van der Waals surface area (Å²) < 4.78 is 0. The third-order valence-corrected chi connectivity index (χ3v) is 1.60. The molecule has 0 atom stereocenters. The number of phenols is 1. The first kappa shape index (κ1) is 10.1. The predicted molar refractivity (Wildman–Crippen MR) is 53.4 cm³/mol. The smallest absolute Gasteiger partial charge is 0.296 e. The van der Waals surface area contributed by atoms with Crippen LogP contribution >= 0.6 is 0 Å². The van der Waals surface area contributed by atoms with Gasteiger partial charge in [0.1, 0.15) is 5.75 Å². The standard InChI is InChI=1S/C11H11NO2/c1-2-4-11(14)12-8-9-5-3-6-10(13)7-9/h3,5-7,13H,8H2,1H3,(H,12,14). The Bertz CT molecular complexity index is 388. The van der Waals surface area contributed by atoms with Crippen molar-refractivity contribution in [3.8, 4) is 17.6 Å². The molecular weight excluding hydrogens is 178 g/mol. The van der Waals surface area contributed by atoms with Crippen LogP contribution in [0, 0.1) is 11.8 Å². The molecule has 0 aromatic heterocycles. The zero-order valence-corrected chi connectivity index (χ0v) is 7.87. The largest absolute Gasteiger partial charge is 0.508 e. The average Bonchev–Trinajstić information content (AvgIpc) is 2.15. The van der Waals surface area contributed by atoms with Crippen LogP contribution in [0.1, 0.15) is 12.5 Å². The van der Waals surface area contributed by atoms with Crippen molar-refractivity contribution >= 4 is 5.91 Å². The molecule has 0 aliphatic heterocycles. The van der Waals surface area contributed by atoms with E-state index >= 15 is 0 Å². The Labute approximate surface area is 82.8 Å². The third kappa shape index (κ3) is 3.20. The Morgan fingerprint density at radius 3 is 3.00 bits per heavy atom. The van der Waals surface area contributed by atoms with Crippen LogP contribution in [0.5, 0.6) is 5.75 Å². The van der Waals surface area contributed by atoms with Gasteiger partial charge in [0, 0.05) is 6.54 Å². The van der Waals surface area contributed by atoms with E-state index in [0.717, 1.165) is 5.56 Å². The van der Waals surface area contributed by atoms with E-state index in [4.69, 9.17) is 5.11 Å². The molecule has 0 spiro atoms. The first-order valence-corrected chi connectivity index (χ1v) is 4.21. The number of hydrogen-bond acceptors (Lipinski definition) is 2. The minimum Gasteiger partial charge on any atom is -0.508 e. The number of carbonyl (C=O) groups excluding carboxylic acids is 1. The van der Waals surface area contributed by atoms with Gasteiger partial charge in [0.2, 0.25) is 0 Å². The van der Waals surface area contributed by atoms with Gasteiger partial charge < -0.3 is 10.4 Å². The summed E-state index contributed by atoms with van der Waals surface area (Å²) in [5.41, 5.74) is 0.844. The van der Waals surface area contributed by atoms with Crippen molar-refractivity contribution in [2.24, 2.45) is 0 Å². The third-order valence-electron chi connectivity index (χ3n) is 1.60. The van der Waals surface area contributed by atoms with Gasteiger partial charge >= 0.3 is 0 Å². The molecule has 14 heavy (non-hydrogen) atoms. The van der Waals surface area contributed by atoms with Crippen LogP contribution in [-0.2, 0) is 11.3 Å². The molecule has 72 valence electrons. The summed E-state index contributed by atoms with van der Waals surface area (Å²) in [6.45, 7) is 1.98. The van der Waals surface area contributed by atoms with Gasteiger partial charge in [0.15, 0.2) is 0 Å². The van der Waals surface area contributed by atoms with E-state index in [1.54, 1.807) is 25.1 Å². The van der Waals surface area contributed by atoms with Crippen molar-refractivity contribution in [1.29, 1.82) is 0 Å². The molecular formula is C11H11NO2. The van der Waals surface area contributed by atoms with Crippen molar-refractivity contribution in [1.82, 2.24) is 5.32 Å². The first-order valence-electron chi connectivity index (χ1n) is 4.21. The van der Waals surface area contributed by atoms with Crippen LogP contribution in [-0.4, -0.2) is 11.0 Å². The number of hydrogen-bond donors (Lipinski definition) is 2. The normalized spacial score (nSPS) is 8.64.